The van der Waals surface area contributed by atoms with E-state index in [0.717, 1.165) is 0 Å². The van der Waals surface area contributed by atoms with Crippen molar-refractivity contribution >= 4 is 21.6 Å². The van der Waals surface area contributed by atoms with Crippen LogP contribution in [-0.4, -0.2) is 5.33 Å². The van der Waals surface area contributed by atoms with Gasteiger partial charge >= 0.3 is 0 Å². The molecule has 0 saturated carbocycles. The fraction of sp³-hybridized carbons (Fsp3) is 0.111. The second-order valence-electron chi connectivity index (χ2n) is 2.17. The predicted octanol–water partition coefficient (Wildman–Crippen LogP) is 2.15. The van der Waals surface area contributed by atoms with Crippen molar-refractivity contribution < 1.29 is 4.39 Å². The van der Waals surface area contributed by atoms with E-state index >= 15 is 0 Å². The minimum absolute atomic E-state index is 0.336. The normalized spacial score (nSPS) is 8.83. The first-order chi connectivity index (χ1) is 5.74. The Hall–Kier alpha value is -1.01. The van der Waals surface area contributed by atoms with Gasteiger partial charge in [-0.3, -0.25) is 0 Å². The van der Waals surface area contributed by atoms with Crippen LogP contribution in [-0.2, 0) is 0 Å². The topological polar surface area (TPSA) is 26.0 Å². The number of hydrogen-bond donors (Lipinski definition) is 1. The van der Waals surface area contributed by atoms with Gasteiger partial charge in [-0.2, -0.15) is 0 Å². The lowest BCUT2D eigenvalue weighted by molar-refractivity contribution is 0.628. The van der Waals surface area contributed by atoms with E-state index < -0.39 is 0 Å². The Kier molecular flexibility index (Phi) is 3.12. The van der Waals surface area contributed by atoms with Crippen LogP contribution in [0.2, 0.25) is 0 Å². The number of rotatable bonds is 0. The van der Waals surface area contributed by atoms with Gasteiger partial charge in [0.15, 0.2) is 0 Å². The number of halogens is 2. The van der Waals surface area contributed by atoms with Crippen molar-refractivity contribution in [2.24, 2.45) is 0 Å². The maximum atomic E-state index is 12.5. The Balaban J connectivity index is 3.01. The van der Waals surface area contributed by atoms with Crippen molar-refractivity contribution in [2.75, 3.05) is 11.1 Å². The van der Waals surface area contributed by atoms with Crippen LogP contribution in [0.15, 0.2) is 18.2 Å². The van der Waals surface area contributed by atoms with Crippen LogP contribution >= 0.6 is 15.9 Å². The van der Waals surface area contributed by atoms with Crippen molar-refractivity contribution in [1.29, 1.82) is 0 Å². The van der Waals surface area contributed by atoms with Gasteiger partial charge in [-0.1, -0.05) is 27.8 Å². The van der Waals surface area contributed by atoms with Gasteiger partial charge in [0.05, 0.1) is 11.0 Å². The van der Waals surface area contributed by atoms with Crippen LogP contribution in [0, 0.1) is 17.7 Å². The Bertz CT molecular complexity index is 338. The molecule has 0 aromatic heterocycles. The molecule has 0 spiro atoms. The van der Waals surface area contributed by atoms with Crippen LogP contribution in [0.3, 0.4) is 0 Å². The summed E-state index contributed by atoms with van der Waals surface area (Å²) in [6, 6.07) is 4.17. The lowest BCUT2D eigenvalue weighted by atomic mass is 10.2. The van der Waals surface area contributed by atoms with Crippen LogP contribution in [0.5, 0.6) is 0 Å². The van der Waals surface area contributed by atoms with E-state index in [9.17, 15) is 4.39 Å². The number of anilines is 1. The minimum atomic E-state index is -0.336. The molecule has 0 aliphatic heterocycles. The molecule has 0 amide bonds. The standard InChI is InChI=1S/C9H7BrFN/c10-5-1-2-7-3-4-8(11)6-9(7)12/h3-4,6H,5,12H2. The molecule has 12 heavy (non-hydrogen) atoms. The molecular weight excluding hydrogens is 221 g/mol. The zero-order valence-corrected chi connectivity index (χ0v) is 7.86. The van der Waals surface area contributed by atoms with Gasteiger partial charge in [-0.15, -0.1) is 0 Å². The predicted molar refractivity (Wildman–Crippen MR) is 51.5 cm³/mol. The lowest BCUT2D eigenvalue weighted by Crippen LogP contribution is -1.90. The average molecular weight is 228 g/mol. The molecule has 0 bridgehead atoms. The summed E-state index contributed by atoms with van der Waals surface area (Å²) in [5.41, 5.74) is 6.55. The summed E-state index contributed by atoms with van der Waals surface area (Å²) < 4.78 is 12.5. The molecule has 0 aliphatic rings. The maximum Gasteiger partial charge on any atom is 0.125 e. The molecule has 62 valence electrons. The Morgan fingerprint density at radius 3 is 2.83 bits per heavy atom. The zero-order valence-electron chi connectivity index (χ0n) is 6.27. The minimum Gasteiger partial charge on any atom is -0.398 e. The van der Waals surface area contributed by atoms with E-state index in [-0.39, 0.29) is 5.82 Å². The van der Waals surface area contributed by atoms with Gasteiger partial charge in [0.25, 0.3) is 0 Å². The Labute approximate surface area is 78.9 Å². The molecule has 0 saturated heterocycles. The fourth-order valence-corrected chi connectivity index (χ4v) is 0.916. The molecule has 1 aromatic carbocycles. The molecular formula is C9H7BrFN. The van der Waals surface area contributed by atoms with Gasteiger partial charge in [0.1, 0.15) is 5.82 Å². The van der Waals surface area contributed by atoms with Gasteiger partial charge in [-0.25, -0.2) is 4.39 Å². The highest BCUT2D eigenvalue weighted by atomic mass is 79.9. The molecule has 0 fully saturated rings. The second-order valence-corrected chi connectivity index (χ2v) is 2.73. The highest BCUT2D eigenvalue weighted by Crippen LogP contribution is 2.11. The highest BCUT2D eigenvalue weighted by molar-refractivity contribution is 9.09. The van der Waals surface area contributed by atoms with Crippen LogP contribution < -0.4 is 5.73 Å². The largest absolute Gasteiger partial charge is 0.398 e. The third-order valence-corrected chi connectivity index (χ3v) is 1.58. The molecule has 0 radical (unpaired) electrons. The first kappa shape index (κ1) is 9.08. The molecule has 0 unspecified atom stereocenters. The average Bonchev–Trinajstić information content (AvgIpc) is 2.03. The van der Waals surface area contributed by atoms with E-state index in [1.165, 1.54) is 12.1 Å². The SMILES string of the molecule is Nc1cc(F)ccc1C#CCBr. The van der Waals surface area contributed by atoms with Crippen molar-refractivity contribution in [3.05, 3.63) is 29.6 Å². The molecule has 0 aliphatic carbocycles. The number of hydrogen-bond acceptors (Lipinski definition) is 1. The Morgan fingerprint density at radius 2 is 2.25 bits per heavy atom. The summed E-state index contributed by atoms with van der Waals surface area (Å²) in [5.74, 6) is 5.25. The fourth-order valence-electron chi connectivity index (χ4n) is 0.776. The summed E-state index contributed by atoms with van der Waals surface area (Å²) in [4.78, 5) is 0. The van der Waals surface area contributed by atoms with Crippen molar-refractivity contribution in [3.8, 4) is 11.8 Å². The number of nitrogen functional groups attached to an aromatic ring is 1. The number of nitrogens with two attached hydrogens (primary N) is 1. The van der Waals surface area contributed by atoms with E-state index in [1.807, 2.05) is 0 Å². The molecule has 0 heterocycles. The third-order valence-electron chi connectivity index (χ3n) is 1.30. The van der Waals surface area contributed by atoms with Gasteiger partial charge in [-0.05, 0) is 18.2 Å². The van der Waals surface area contributed by atoms with Gasteiger partial charge in [0.2, 0.25) is 0 Å². The number of alkyl halides is 1. The summed E-state index contributed by atoms with van der Waals surface area (Å²) in [7, 11) is 0. The van der Waals surface area contributed by atoms with Crippen LogP contribution in [0.25, 0.3) is 0 Å². The molecule has 1 nitrogen and oxygen atoms in total. The monoisotopic (exact) mass is 227 g/mol. The zero-order chi connectivity index (χ0) is 8.97. The van der Waals surface area contributed by atoms with E-state index in [1.54, 1.807) is 6.07 Å². The molecule has 0 atom stereocenters. The maximum absolute atomic E-state index is 12.5. The summed E-state index contributed by atoms with van der Waals surface area (Å²) in [6.45, 7) is 0. The summed E-state index contributed by atoms with van der Waals surface area (Å²) >= 11 is 3.16. The van der Waals surface area contributed by atoms with Crippen molar-refractivity contribution in [2.45, 2.75) is 0 Å². The Morgan fingerprint density at radius 1 is 1.50 bits per heavy atom. The van der Waals surface area contributed by atoms with Gasteiger partial charge in [0, 0.05) is 5.56 Å². The second kappa shape index (κ2) is 4.13. The van der Waals surface area contributed by atoms with E-state index in [2.05, 4.69) is 27.8 Å². The lowest BCUT2D eigenvalue weighted by Gasteiger charge is -1.96. The van der Waals surface area contributed by atoms with E-state index in [4.69, 9.17) is 5.73 Å². The number of benzene rings is 1. The van der Waals surface area contributed by atoms with Crippen molar-refractivity contribution in [3.63, 3.8) is 0 Å². The van der Waals surface area contributed by atoms with Gasteiger partial charge < -0.3 is 5.73 Å². The molecule has 1 rings (SSSR count). The first-order valence-corrected chi connectivity index (χ1v) is 4.46. The quantitative estimate of drug-likeness (QED) is 0.411. The van der Waals surface area contributed by atoms with E-state index in [0.29, 0.717) is 16.6 Å². The highest BCUT2D eigenvalue weighted by Gasteiger charge is 1.95. The van der Waals surface area contributed by atoms with Crippen molar-refractivity contribution in [1.82, 2.24) is 0 Å². The summed E-state index contributed by atoms with van der Waals surface area (Å²) in [5, 5.41) is 0.587. The third kappa shape index (κ3) is 2.24. The molecule has 3 heteroatoms. The summed E-state index contributed by atoms with van der Waals surface area (Å²) in [6.07, 6.45) is 0. The molecule has 2 N–H and O–H groups in total. The smallest absolute Gasteiger partial charge is 0.125 e. The van der Waals surface area contributed by atoms with Crippen LogP contribution in [0.4, 0.5) is 10.1 Å². The van der Waals surface area contributed by atoms with Crippen LogP contribution in [0.1, 0.15) is 5.56 Å². The molecule has 1 aromatic rings. The first-order valence-electron chi connectivity index (χ1n) is 3.34.